The third-order valence-corrected chi connectivity index (χ3v) is 5.22. The summed E-state index contributed by atoms with van der Waals surface area (Å²) in [5.74, 6) is 1.22. The summed E-state index contributed by atoms with van der Waals surface area (Å²) in [5.41, 5.74) is 0.355. The van der Waals surface area contributed by atoms with Crippen molar-refractivity contribution in [2.45, 2.75) is 39.0 Å². The Morgan fingerprint density at radius 1 is 1.47 bits per heavy atom. The van der Waals surface area contributed by atoms with Gasteiger partial charge in [-0.05, 0) is 30.6 Å². The molecule has 0 bridgehead atoms. The molecule has 3 heteroatoms. The maximum Gasteiger partial charge on any atom is 0.223 e. The zero-order valence-corrected chi connectivity index (χ0v) is 11.0. The average molecular weight is 274 g/mol. The molecule has 0 heterocycles. The van der Waals surface area contributed by atoms with E-state index in [9.17, 15) is 4.79 Å². The van der Waals surface area contributed by atoms with Gasteiger partial charge in [0.1, 0.15) is 0 Å². The quantitative estimate of drug-likeness (QED) is 0.785. The van der Waals surface area contributed by atoms with Crippen molar-refractivity contribution < 1.29 is 4.79 Å². The minimum Gasteiger partial charge on any atom is -0.355 e. The summed E-state index contributed by atoms with van der Waals surface area (Å²) in [5, 5.41) is 4.17. The number of carbonyl (C=O) groups excluding carboxylic acids is 1. The normalized spacial score (nSPS) is 32.7. The minimum absolute atomic E-state index is 0.287. The van der Waals surface area contributed by atoms with Crippen molar-refractivity contribution in [3.63, 3.8) is 0 Å². The Balaban J connectivity index is 1.78. The van der Waals surface area contributed by atoms with E-state index in [0.29, 0.717) is 17.3 Å². The number of hydrogen-bond acceptors (Lipinski definition) is 1. The van der Waals surface area contributed by atoms with E-state index in [4.69, 9.17) is 0 Å². The Kier molecular flexibility index (Phi) is 3.39. The summed E-state index contributed by atoms with van der Waals surface area (Å²) in [6.45, 7) is 3.03. The van der Waals surface area contributed by atoms with Gasteiger partial charge >= 0.3 is 0 Å². The van der Waals surface area contributed by atoms with Crippen molar-refractivity contribution >= 4 is 21.8 Å². The van der Waals surface area contributed by atoms with Crippen molar-refractivity contribution in [2.75, 3.05) is 11.9 Å². The monoisotopic (exact) mass is 273 g/mol. The topological polar surface area (TPSA) is 29.1 Å². The molecule has 15 heavy (non-hydrogen) atoms. The van der Waals surface area contributed by atoms with Crippen molar-refractivity contribution in [1.82, 2.24) is 5.32 Å². The van der Waals surface area contributed by atoms with E-state index in [0.717, 1.165) is 18.3 Å². The fourth-order valence-electron chi connectivity index (χ4n) is 2.58. The standard InChI is InChI=1S/C12H20BrNO/c1-9-6-10(9)11(15)14-8-12(7-13)4-2-3-5-12/h9-10H,2-8H2,1H3,(H,14,15). The first kappa shape index (κ1) is 11.4. The van der Waals surface area contributed by atoms with E-state index in [1.54, 1.807) is 0 Å². The summed E-state index contributed by atoms with van der Waals surface area (Å²) in [6.07, 6.45) is 6.26. The number of halogens is 1. The fraction of sp³-hybridized carbons (Fsp3) is 0.917. The highest BCUT2D eigenvalue weighted by Crippen LogP contribution is 2.40. The average Bonchev–Trinajstić information content (AvgIpc) is 2.81. The summed E-state index contributed by atoms with van der Waals surface area (Å²) in [7, 11) is 0. The van der Waals surface area contributed by atoms with Crippen LogP contribution in [0.15, 0.2) is 0 Å². The van der Waals surface area contributed by atoms with Gasteiger partial charge < -0.3 is 5.32 Å². The molecule has 2 aliphatic rings. The number of rotatable bonds is 4. The van der Waals surface area contributed by atoms with E-state index in [-0.39, 0.29) is 5.91 Å². The summed E-state index contributed by atoms with van der Waals surface area (Å²) in [6, 6.07) is 0. The molecule has 1 N–H and O–H groups in total. The van der Waals surface area contributed by atoms with E-state index < -0.39 is 0 Å². The van der Waals surface area contributed by atoms with E-state index in [1.807, 2.05) is 0 Å². The van der Waals surface area contributed by atoms with E-state index in [2.05, 4.69) is 28.2 Å². The Hall–Kier alpha value is -0.0500. The van der Waals surface area contributed by atoms with Crippen LogP contribution >= 0.6 is 15.9 Å². The van der Waals surface area contributed by atoms with E-state index >= 15 is 0 Å². The molecule has 2 atom stereocenters. The van der Waals surface area contributed by atoms with Gasteiger partial charge in [0.15, 0.2) is 0 Å². The van der Waals surface area contributed by atoms with E-state index in [1.165, 1.54) is 25.7 Å². The predicted molar refractivity (Wildman–Crippen MR) is 65.0 cm³/mol. The first-order valence-electron chi connectivity index (χ1n) is 6.01. The van der Waals surface area contributed by atoms with Crippen LogP contribution in [0.25, 0.3) is 0 Å². The first-order valence-corrected chi connectivity index (χ1v) is 7.13. The second kappa shape index (κ2) is 4.44. The molecule has 0 saturated heterocycles. The molecule has 1 amide bonds. The van der Waals surface area contributed by atoms with Crippen LogP contribution in [0.1, 0.15) is 39.0 Å². The van der Waals surface area contributed by atoms with Crippen molar-refractivity contribution in [1.29, 1.82) is 0 Å². The molecule has 2 aliphatic carbocycles. The molecule has 2 saturated carbocycles. The molecule has 2 fully saturated rings. The molecule has 2 nitrogen and oxygen atoms in total. The maximum atomic E-state index is 11.7. The molecule has 2 unspecified atom stereocenters. The van der Waals surface area contributed by atoms with Crippen molar-refractivity contribution in [2.24, 2.45) is 17.3 Å². The molecule has 86 valence electrons. The minimum atomic E-state index is 0.287. The van der Waals surface area contributed by atoms with Crippen LogP contribution in [-0.4, -0.2) is 17.8 Å². The molecule has 0 spiro atoms. The number of carbonyl (C=O) groups is 1. The van der Waals surface area contributed by atoms with Gasteiger partial charge in [-0.1, -0.05) is 35.7 Å². The number of amides is 1. The lowest BCUT2D eigenvalue weighted by molar-refractivity contribution is -0.123. The largest absolute Gasteiger partial charge is 0.355 e. The van der Waals surface area contributed by atoms with Crippen molar-refractivity contribution in [3.8, 4) is 0 Å². The third-order valence-electron chi connectivity index (χ3n) is 4.03. The molecule has 0 aromatic carbocycles. The molecule has 0 aliphatic heterocycles. The van der Waals surface area contributed by atoms with Gasteiger partial charge in [-0.25, -0.2) is 0 Å². The lowest BCUT2D eigenvalue weighted by Crippen LogP contribution is -2.37. The molecular formula is C12H20BrNO. The SMILES string of the molecule is CC1CC1C(=O)NCC1(CBr)CCCC1. The first-order chi connectivity index (χ1) is 7.17. The Morgan fingerprint density at radius 3 is 2.53 bits per heavy atom. The zero-order chi connectivity index (χ0) is 10.9. The van der Waals surface area contributed by atoms with Crippen LogP contribution < -0.4 is 5.32 Å². The summed E-state index contributed by atoms with van der Waals surface area (Å²) >= 11 is 3.60. The highest BCUT2D eigenvalue weighted by Gasteiger charge is 2.40. The predicted octanol–water partition coefficient (Wildman–Crippen LogP) is 2.71. The summed E-state index contributed by atoms with van der Waals surface area (Å²) < 4.78 is 0. The van der Waals surface area contributed by atoms with Gasteiger partial charge in [0.2, 0.25) is 5.91 Å². The zero-order valence-electron chi connectivity index (χ0n) is 9.39. The number of hydrogen-bond donors (Lipinski definition) is 1. The summed E-state index contributed by atoms with van der Waals surface area (Å²) in [4.78, 5) is 11.7. The van der Waals surface area contributed by atoms with Crippen LogP contribution in [0.5, 0.6) is 0 Å². The molecule has 2 rings (SSSR count). The number of alkyl halides is 1. The lowest BCUT2D eigenvalue weighted by Gasteiger charge is -2.26. The Bertz CT molecular complexity index is 248. The highest BCUT2D eigenvalue weighted by atomic mass is 79.9. The number of nitrogens with one attached hydrogen (secondary N) is 1. The highest BCUT2D eigenvalue weighted by molar-refractivity contribution is 9.09. The molecule has 0 aromatic heterocycles. The fourth-order valence-corrected chi connectivity index (χ4v) is 3.33. The molecule has 0 aromatic rings. The van der Waals surface area contributed by atoms with Crippen LogP contribution in [0.2, 0.25) is 0 Å². The van der Waals surface area contributed by atoms with Gasteiger partial charge in [0.25, 0.3) is 0 Å². The van der Waals surface area contributed by atoms with Gasteiger partial charge in [0.05, 0.1) is 0 Å². The van der Waals surface area contributed by atoms with Gasteiger partial charge in [-0.15, -0.1) is 0 Å². The van der Waals surface area contributed by atoms with Crippen molar-refractivity contribution in [3.05, 3.63) is 0 Å². The second-order valence-corrected chi connectivity index (χ2v) is 5.94. The van der Waals surface area contributed by atoms with Crippen LogP contribution in [0.4, 0.5) is 0 Å². The lowest BCUT2D eigenvalue weighted by atomic mass is 9.89. The Morgan fingerprint density at radius 2 is 2.07 bits per heavy atom. The van der Waals surface area contributed by atoms with Gasteiger partial charge in [0, 0.05) is 17.8 Å². The second-order valence-electron chi connectivity index (χ2n) is 5.38. The smallest absolute Gasteiger partial charge is 0.223 e. The third kappa shape index (κ3) is 2.55. The van der Waals surface area contributed by atoms with Gasteiger partial charge in [-0.3, -0.25) is 4.79 Å². The maximum absolute atomic E-state index is 11.7. The van der Waals surface area contributed by atoms with Gasteiger partial charge in [-0.2, -0.15) is 0 Å². The molecular weight excluding hydrogens is 254 g/mol. The van der Waals surface area contributed by atoms with Crippen LogP contribution in [-0.2, 0) is 4.79 Å². The van der Waals surface area contributed by atoms with Crippen LogP contribution in [0.3, 0.4) is 0 Å². The Labute approximate surface area is 100 Å². The van der Waals surface area contributed by atoms with Crippen LogP contribution in [0, 0.1) is 17.3 Å². The molecule has 0 radical (unpaired) electrons.